The van der Waals surface area contributed by atoms with Gasteiger partial charge in [-0.05, 0) is 36.4 Å². The Bertz CT molecular complexity index is 1220. The average molecular weight is 360 g/mol. The van der Waals surface area contributed by atoms with Crippen LogP contribution in [0.15, 0.2) is 48.7 Å². The van der Waals surface area contributed by atoms with E-state index >= 15 is 0 Å². The van der Waals surface area contributed by atoms with Gasteiger partial charge in [-0.25, -0.2) is 4.98 Å². The summed E-state index contributed by atoms with van der Waals surface area (Å²) in [6, 6.07) is 13.3. The monoisotopic (exact) mass is 360 g/mol. The molecule has 0 aliphatic rings. The summed E-state index contributed by atoms with van der Waals surface area (Å²) in [7, 11) is 0. The summed E-state index contributed by atoms with van der Waals surface area (Å²) in [6.07, 6.45) is 1.74. The maximum Gasteiger partial charge on any atom is 0.308 e. The maximum atomic E-state index is 11.5. The van der Waals surface area contributed by atoms with E-state index in [1.807, 2.05) is 36.4 Å². The second-order valence-corrected chi connectivity index (χ2v) is 6.18. The fourth-order valence-corrected chi connectivity index (χ4v) is 3.12. The van der Waals surface area contributed by atoms with E-state index in [2.05, 4.69) is 4.98 Å². The van der Waals surface area contributed by atoms with Crippen molar-refractivity contribution in [2.45, 2.75) is 20.5 Å². The predicted molar refractivity (Wildman–Crippen MR) is 101 cm³/mol. The SMILES string of the molecule is CC(=O)OCc1c(OC(C)=O)ccc2cc3ccc4ncccc4c3nc12. The molecule has 0 saturated heterocycles. The Morgan fingerprint density at radius 2 is 1.74 bits per heavy atom. The highest BCUT2D eigenvalue weighted by molar-refractivity contribution is 6.07. The van der Waals surface area contributed by atoms with Gasteiger partial charge in [-0.3, -0.25) is 14.6 Å². The lowest BCUT2D eigenvalue weighted by Gasteiger charge is -2.13. The van der Waals surface area contributed by atoms with Crippen LogP contribution in [-0.4, -0.2) is 21.9 Å². The van der Waals surface area contributed by atoms with Gasteiger partial charge in [-0.2, -0.15) is 0 Å². The third kappa shape index (κ3) is 3.17. The molecule has 2 heterocycles. The molecule has 134 valence electrons. The highest BCUT2D eigenvalue weighted by atomic mass is 16.5. The third-order valence-corrected chi connectivity index (χ3v) is 4.27. The van der Waals surface area contributed by atoms with Gasteiger partial charge in [0.2, 0.25) is 0 Å². The van der Waals surface area contributed by atoms with Gasteiger partial charge in [-0.15, -0.1) is 0 Å². The third-order valence-electron chi connectivity index (χ3n) is 4.27. The second-order valence-electron chi connectivity index (χ2n) is 6.18. The molecule has 0 unspecified atom stereocenters. The molecule has 0 aliphatic carbocycles. The van der Waals surface area contributed by atoms with Crippen molar-refractivity contribution >= 4 is 44.6 Å². The van der Waals surface area contributed by atoms with Crippen molar-refractivity contribution in [1.82, 2.24) is 9.97 Å². The molecule has 0 amide bonds. The van der Waals surface area contributed by atoms with Crippen molar-refractivity contribution in [3.8, 4) is 5.75 Å². The van der Waals surface area contributed by atoms with Crippen LogP contribution < -0.4 is 4.74 Å². The molecule has 0 fully saturated rings. The number of fused-ring (bicyclic) bond motifs is 4. The zero-order chi connectivity index (χ0) is 19.0. The molecule has 4 aromatic rings. The molecular weight excluding hydrogens is 344 g/mol. The number of ether oxygens (including phenoxy) is 2. The Balaban J connectivity index is 2.02. The Hall–Kier alpha value is -3.54. The van der Waals surface area contributed by atoms with Crippen molar-refractivity contribution in [1.29, 1.82) is 0 Å². The molecule has 0 radical (unpaired) electrons. The van der Waals surface area contributed by atoms with Crippen LogP contribution in [0.3, 0.4) is 0 Å². The van der Waals surface area contributed by atoms with Crippen LogP contribution >= 0.6 is 0 Å². The second kappa shape index (κ2) is 6.64. The largest absolute Gasteiger partial charge is 0.461 e. The van der Waals surface area contributed by atoms with Crippen molar-refractivity contribution < 1.29 is 19.1 Å². The first-order chi connectivity index (χ1) is 13.0. The van der Waals surface area contributed by atoms with Gasteiger partial charge in [0.15, 0.2) is 0 Å². The molecule has 0 aliphatic heterocycles. The highest BCUT2D eigenvalue weighted by Crippen LogP contribution is 2.32. The zero-order valence-electron chi connectivity index (χ0n) is 14.9. The summed E-state index contributed by atoms with van der Waals surface area (Å²) in [5, 5.41) is 2.76. The summed E-state index contributed by atoms with van der Waals surface area (Å²) < 4.78 is 10.5. The van der Waals surface area contributed by atoms with Crippen LogP contribution in [-0.2, 0) is 20.9 Å². The van der Waals surface area contributed by atoms with Crippen LogP contribution in [0.25, 0.3) is 32.7 Å². The summed E-state index contributed by atoms with van der Waals surface area (Å²) in [4.78, 5) is 32.0. The number of esters is 2. The van der Waals surface area contributed by atoms with Crippen molar-refractivity contribution in [3.05, 3.63) is 54.2 Å². The summed E-state index contributed by atoms with van der Waals surface area (Å²) in [5.74, 6) is -0.536. The lowest BCUT2D eigenvalue weighted by molar-refractivity contribution is -0.142. The first kappa shape index (κ1) is 16.9. The molecule has 0 N–H and O–H groups in total. The van der Waals surface area contributed by atoms with E-state index in [1.54, 1.807) is 12.3 Å². The van der Waals surface area contributed by atoms with Crippen LogP contribution in [0.4, 0.5) is 0 Å². The number of carbonyl (C=O) groups excluding carboxylic acids is 2. The topological polar surface area (TPSA) is 78.4 Å². The fourth-order valence-electron chi connectivity index (χ4n) is 3.12. The van der Waals surface area contributed by atoms with Gasteiger partial charge in [0, 0.05) is 36.2 Å². The smallest absolute Gasteiger partial charge is 0.308 e. The lowest BCUT2D eigenvalue weighted by Crippen LogP contribution is -2.07. The molecule has 0 bridgehead atoms. The summed E-state index contributed by atoms with van der Waals surface area (Å²) in [6.45, 7) is 2.63. The Labute approximate surface area is 154 Å². The number of rotatable bonds is 3. The molecule has 2 aromatic carbocycles. The number of aromatic nitrogens is 2. The minimum absolute atomic E-state index is 0.0309. The molecule has 6 heteroatoms. The van der Waals surface area contributed by atoms with Gasteiger partial charge in [0.1, 0.15) is 12.4 Å². The average Bonchev–Trinajstić information content (AvgIpc) is 2.65. The fraction of sp³-hybridized carbons (Fsp3) is 0.143. The quantitative estimate of drug-likeness (QED) is 0.238. The van der Waals surface area contributed by atoms with Gasteiger partial charge in [0.25, 0.3) is 0 Å². The maximum absolute atomic E-state index is 11.5. The lowest BCUT2D eigenvalue weighted by atomic mass is 10.0. The van der Waals surface area contributed by atoms with E-state index < -0.39 is 11.9 Å². The highest BCUT2D eigenvalue weighted by Gasteiger charge is 2.15. The van der Waals surface area contributed by atoms with Crippen molar-refractivity contribution in [2.24, 2.45) is 0 Å². The Morgan fingerprint density at radius 3 is 2.52 bits per heavy atom. The van der Waals surface area contributed by atoms with Gasteiger partial charge in [-0.1, -0.05) is 6.07 Å². The van der Waals surface area contributed by atoms with Crippen LogP contribution in [0, 0.1) is 0 Å². The molecule has 4 rings (SSSR count). The van der Waals surface area contributed by atoms with Gasteiger partial charge < -0.3 is 9.47 Å². The van der Waals surface area contributed by atoms with Gasteiger partial charge in [0.05, 0.1) is 22.1 Å². The summed E-state index contributed by atoms with van der Waals surface area (Å²) in [5.41, 5.74) is 2.81. The summed E-state index contributed by atoms with van der Waals surface area (Å²) >= 11 is 0. The van der Waals surface area contributed by atoms with Crippen LogP contribution in [0.1, 0.15) is 19.4 Å². The number of carbonyl (C=O) groups is 2. The van der Waals surface area contributed by atoms with Gasteiger partial charge >= 0.3 is 11.9 Å². The van der Waals surface area contributed by atoms with E-state index in [9.17, 15) is 9.59 Å². The first-order valence-corrected chi connectivity index (χ1v) is 8.45. The molecule has 0 saturated carbocycles. The minimum atomic E-state index is -0.450. The van der Waals surface area contributed by atoms with E-state index in [0.29, 0.717) is 16.8 Å². The minimum Gasteiger partial charge on any atom is -0.461 e. The molecule has 2 aromatic heterocycles. The van der Waals surface area contributed by atoms with E-state index in [4.69, 9.17) is 14.5 Å². The number of hydrogen-bond donors (Lipinski definition) is 0. The van der Waals surface area contributed by atoms with Crippen LogP contribution in [0.2, 0.25) is 0 Å². The molecule has 6 nitrogen and oxygen atoms in total. The number of hydrogen-bond acceptors (Lipinski definition) is 6. The molecule has 27 heavy (non-hydrogen) atoms. The van der Waals surface area contributed by atoms with E-state index in [-0.39, 0.29) is 6.61 Å². The Kier molecular flexibility index (Phi) is 4.16. The standard InChI is InChI=1S/C21H16N2O4/c1-12(24)26-11-17-19(27-13(2)25)8-6-15-10-14-5-7-18-16(4-3-9-22-18)20(14)23-21(15)17/h3-10H,11H2,1-2H3. The van der Waals surface area contributed by atoms with Crippen molar-refractivity contribution in [2.75, 3.05) is 0 Å². The number of nitrogens with zero attached hydrogens (tertiary/aromatic N) is 2. The Morgan fingerprint density at radius 1 is 0.963 bits per heavy atom. The normalized spacial score (nSPS) is 11.0. The number of pyridine rings is 2. The van der Waals surface area contributed by atoms with E-state index in [1.165, 1.54) is 13.8 Å². The zero-order valence-corrected chi connectivity index (χ0v) is 14.9. The van der Waals surface area contributed by atoms with E-state index in [0.717, 1.165) is 27.2 Å². The van der Waals surface area contributed by atoms with Crippen LogP contribution in [0.5, 0.6) is 5.75 Å². The number of benzene rings is 2. The van der Waals surface area contributed by atoms with Crippen molar-refractivity contribution in [3.63, 3.8) is 0 Å². The molecule has 0 spiro atoms. The molecule has 0 atom stereocenters. The first-order valence-electron chi connectivity index (χ1n) is 8.45. The predicted octanol–water partition coefficient (Wildman–Crippen LogP) is 3.92. The molecular formula is C21H16N2O4.